The fraction of sp³-hybridized carbons (Fsp3) is 0.176. The van der Waals surface area contributed by atoms with Crippen molar-refractivity contribution in [2.75, 3.05) is 5.32 Å². The van der Waals surface area contributed by atoms with Gasteiger partial charge in [0.05, 0.1) is 0 Å². The van der Waals surface area contributed by atoms with Crippen molar-refractivity contribution >= 4 is 17.9 Å². The van der Waals surface area contributed by atoms with Crippen LogP contribution >= 0.6 is 0 Å². The summed E-state index contributed by atoms with van der Waals surface area (Å²) in [6, 6.07) is 14.2. The van der Waals surface area contributed by atoms with E-state index in [4.69, 9.17) is 4.74 Å². The quantitative estimate of drug-likeness (QED) is 0.857. The zero-order valence-corrected chi connectivity index (χ0v) is 12.0. The second-order valence-electron chi connectivity index (χ2n) is 4.81. The van der Waals surface area contributed by atoms with Gasteiger partial charge in [-0.2, -0.15) is 0 Å². The Morgan fingerprint density at radius 3 is 2.52 bits per heavy atom. The van der Waals surface area contributed by atoms with Crippen LogP contribution in [0.15, 0.2) is 48.5 Å². The van der Waals surface area contributed by atoms with Gasteiger partial charge in [-0.1, -0.05) is 12.1 Å². The molecule has 0 aromatic heterocycles. The van der Waals surface area contributed by atoms with E-state index in [9.17, 15) is 9.59 Å². The van der Waals surface area contributed by atoms with E-state index in [0.29, 0.717) is 11.3 Å². The molecule has 0 aliphatic carbocycles. The zero-order chi connectivity index (χ0) is 15.2. The largest absolute Gasteiger partial charge is 0.481 e. The molecular formula is C17H17NO3. The number of benzene rings is 2. The first-order chi connectivity index (χ1) is 10.1. The first-order valence-electron chi connectivity index (χ1n) is 6.68. The molecule has 2 aromatic carbocycles. The average Bonchev–Trinajstić information content (AvgIpc) is 2.48. The fourth-order valence-electron chi connectivity index (χ4n) is 1.85. The maximum atomic E-state index is 12.1. The summed E-state index contributed by atoms with van der Waals surface area (Å²) < 4.78 is 5.55. The molecule has 0 spiro atoms. The summed E-state index contributed by atoms with van der Waals surface area (Å²) in [5.74, 6) is 0.326. The monoisotopic (exact) mass is 283 g/mol. The summed E-state index contributed by atoms with van der Waals surface area (Å²) in [5.41, 5.74) is 2.39. The highest BCUT2D eigenvalue weighted by Gasteiger charge is 2.14. The minimum absolute atomic E-state index is 0.222. The summed E-state index contributed by atoms with van der Waals surface area (Å²) in [7, 11) is 0. The SMILES string of the molecule is Cc1cccc(NC(=O)C(C)Oc2ccc(C=O)cc2)c1. The molecule has 21 heavy (non-hydrogen) atoms. The molecule has 108 valence electrons. The highest BCUT2D eigenvalue weighted by molar-refractivity contribution is 5.94. The van der Waals surface area contributed by atoms with Gasteiger partial charge in [0.2, 0.25) is 0 Å². The molecule has 0 saturated heterocycles. The standard InChI is InChI=1S/C17H17NO3/c1-12-4-3-5-15(10-12)18-17(20)13(2)21-16-8-6-14(11-19)7-9-16/h3-11,13H,1-2H3,(H,18,20). The fourth-order valence-corrected chi connectivity index (χ4v) is 1.85. The predicted molar refractivity (Wildman–Crippen MR) is 81.7 cm³/mol. The van der Waals surface area contributed by atoms with E-state index in [1.165, 1.54) is 0 Å². The number of ether oxygens (including phenoxy) is 1. The molecule has 0 bridgehead atoms. The maximum Gasteiger partial charge on any atom is 0.265 e. The predicted octanol–water partition coefficient (Wildman–Crippen LogP) is 3.21. The third-order valence-electron chi connectivity index (χ3n) is 2.98. The number of amides is 1. The molecule has 2 rings (SSSR count). The van der Waals surface area contributed by atoms with E-state index in [2.05, 4.69) is 5.32 Å². The molecule has 0 heterocycles. The smallest absolute Gasteiger partial charge is 0.265 e. The number of rotatable bonds is 5. The van der Waals surface area contributed by atoms with Crippen LogP contribution in [0, 0.1) is 6.92 Å². The maximum absolute atomic E-state index is 12.1. The Balaban J connectivity index is 1.97. The van der Waals surface area contributed by atoms with Crippen LogP contribution in [-0.4, -0.2) is 18.3 Å². The average molecular weight is 283 g/mol. The summed E-state index contributed by atoms with van der Waals surface area (Å²) in [4.78, 5) is 22.6. The molecule has 0 fully saturated rings. The molecule has 1 amide bonds. The van der Waals surface area contributed by atoms with E-state index in [1.807, 2.05) is 31.2 Å². The van der Waals surface area contributed by atoms with Crippen LogP contribution < -0.4 is 10.1 Å². The van der Waals surface area contributed by atoms with Crippen molar-refractivity contribution in [3.05, 3.63) is 59.7 Å². The number of aryl methyl sites for hydroxylation is 1. The lowest BCUT2D eigenvalue weighted by molar-refractivity contribution is -0.122. The number of hydrogen-bond acceptors (Lipinski definition) is 3. The van der Waals surface area contributed by atoms with E-state index < -0.39 is 6.10 Å². The Kier molecular flexibility index (Phi) is 4.72. The lowest BCUT2D eigenvalue weighted by atomic mass is 10.2. The number of nitrogens with one attached hydrogen (secondary N) is 1. The van der Waals surface area contributed by atoms with E-state index in [0.717, 1.165) is 17.5 Å². The van der Waals surface area contributed by atoms with E-state index in [-0.39, 0.29) is 5.91 Å². The molecular weight excluding hydrogens is 266 g/mol. The second-order valence-corrected chi connectivity index (χ2v) is 4.81. The van der Waals surface area contributed by atoms with Crippen molar-refractivity contribution < 1.29 is 14.3 Å². The highest BCUT2D eigenvalue weighted by atomic mass is 16.5. The third-order valence-corrected chi connectivity index (χ3v) is 2.98. The normalized spacial score (nSPS) is 11.5. The van der Waals surface area contributed by atoms with Gasteiger partial charge in [0.15, 0.2) is 6.10 Å². The Hall–Kier alpha value is -2.62. The molecule has 4 nitrogen and oxygen atoms in total. The van der Waals surface area contributed by atoms with Gasteiger partial charge in [-0.3, -0.25) is 9.59 Å². The molecule has 4 heteroatoms. The van der Waals surface area contributed by atoms with Crippen molar-refractivity contribution in [2.45, 2.75) is 20.0 Å². The summed E-state index contributed by atoms with van der Waals surface area (Å²) in [6.07, 6.45) is 0.130. The van der Waals surface area contributed by atoms with E-state index in [1.54, 1.807) is 31.2 Å². The number of aldehydes is 1. The van der Waals surface area contributed by atoms with Gasteiger partial charge < -0.3 is 10.1 Å². The number of hydrogen-bond donors (Lipinski definition) is 1. The van der Waals surface area contributed by atoms with Crippen molar-refractivity contribution in [1.82, 2.24) is 0 Å². The molecule has 1 N–H and O–H groups in total. The van der Waals surface area contributed by atoms with Crippen LogP contribution in [0.25, 0.3) is 0 Å². The second kappa shape index (κ2) is 6.70. The van der Waals surface area contributed by atoms with Crippen molar-refractivity contribution in [2.24, 2.45) is 0 Å². The molecule has 0 radical (unpaired) electrons. The van der Waals surface area contributed by atoms with Gasteiger partial charge in [0.25, 0.3) is 5.91 Å². The summed E-state index contributed by atoms with van der Waals surface area (Å²) >= 11 is 0. The third kappa shape index (κ3) is 4.18. The molecule has 2 aromatic rings. The van der Waals surface area contributed by atoms with Gasteiger partial charge in [0.1, 0.15) is 12.0 Å². The van der Waals surface area contributed by atoms with Gasteiger partial charge in [-0.25, -0.2) is 0 Å². The minimum atomic E-state index is -0.632. The van der Waals surface area contributed by atoms with E-state index >= 15 is 0 Å². The van der Waals surface area contributed by atoms with Gasteiger partial charge in [0, 0.05) is 11.3 Å². The molecule has 0 aliphatic heterocycles. The molecule has 1 unspecified atom stereocenters. The first kappa shape index (κ1) is 14.8. The zero-order valence-electron chi connectivity index (χ0n) is 12.0. The Morgan fingerprint density at radius 1 is 1.19 bits per heavy atom. The van der Waals surface area contributed by atoms with Crippen LogP contribution in [0.1, 0.15) is 22.8 Å². The molecule has 1 atom stereocenters. The van der Waals surface area contributed by atoms with Gasteiger partial charge in [-0.15, -0.1) is 0 Å². The Labute approximate surface area is 123 Å². The van der Waals surface area contributed by atoms with Crippen LogP contribution in [0.5, 0.6) is 5.75 Å². The first-order valence-corrected chi connectivity index (χ1v) is 6.68. The van der Waals surface area contributed by atoms with Crippen LogP contribution in [0.2, 0.25) is 0 Å². The lowest BCUT2D eigenvalue weighted by Crippen LogP contribution is -2.30. The van der Waals surface area contributed by atoms with Crippen molar-refractivity contribution in [3.63, 3.8) is 0 Å². The van der Waals surface area contributed by atoms with Gasteiger partial charge in [-0.05, 0) is 55.8 Å². The van der Waals surface area contributed by atoms with Gasteiger partial charge >= 0.3 is 0 Å². The Morgan fingerprint density at radius 2 is 1.90 bits per heavy atom. The number of carbonyl (C=O) groups excluding carboxylic acids is 2. The number of carbonyl (C=O) groups is 2. The Bertz CT molecular complexity index is 635. The van der Waals surface area contributed by atoms with Crippen LogP contribution in [-0.2, 0) is 4.79 Å². The summed E-state index contributed by atoms with van der Waals surface area (Å²) in [6.45, 7) is 3.64. The van der Waals surface area contributed by atoms with Crippen LogP contribution in [0.4, 0.5) is 5.69 Å². The lowest BCUT2D eigenvalue weighted by Gasteiger charge is -2.15. The van der Waals surface area contributed by atoms with Crippen molar-refractivity contribution in [1.29, 1.82) is 0 Å². The highest BCUT2D eigenvalue weighted by Crippen LogP contribution is 2.15. The molecule has 0 saturated carbocycles. The minimum Gasteiger partial charge on any atom is -0.481 e. The topological polar surface area (TPSA) is 55.4 Å². The summed E-state index contributed by atoms with van der Waals surface area (Å²) in [5, 5.41) is 2.81. The molecule has 0 aliphatic rings. The number of anilines is 1. The van der Waals surface area contributed by atoms with Crippen LogP contribution in [0.3, 0.4) is 0 Å². The van der Waals surface area contributed by atoms with Crippen molar-refractivity contribution in [3.8, 4) is 5.75 Å².